The van der Waals surface area contributed by atoms with Crippen LogP contribution in [0.5, 0.6) is 11.5 Å². The van der Waals surface area contributed by atoms with E-state index in [-0.39, 0.29) is 23.9 Å². The standard InChI is InChI=1S/C25H34N2O3/c1-16(2)25(28)26-18(4)24-21-14-23(30-6)22(29-5)13-20(21)10-11-27(24)15-19-9-7-8-17(3)12-19/h7-9,12-14,16,18,24H,10-11,15H2,1-6H3,(H,26,28)/t18-,24+/m1/s1. The number of nitrogens with zero attached hydrogens (tertiary/aromatic N) is 1. The molecule has 5 nitrogen and oxygen atoms in total. The summed E-state index contributed by atoms with van der Waals surface area (Å²) in [6.07, 6.45) is 0.933. The molecule has 0 saturated carbocycles. The highest BCUT2D eigenvalue weighted by molar-refractivity contribution is 5.78. The topological polar surface area (TPSA) is 50.8 Å². The molecule has 30 heavy (non-hydrogen) atoms. The lowest BCUT2D eigenvalue weighted by atomic mass is 9.87. The number of hydrogen-bond acceptors (Lipinski definition) is 4. The van der Waals surface area contributed by atoms with Gasteiger partial charge in [-0.05, 0) is 49.1 Å². The van der Waals surface area contributed by atoms with E-state index >= 15 is 0 Å². The maximum absolute atomic E-state index is 12.5. The molecule has 0 saturated heterocycles. The highest BCUT2D eigenvalue weighted by Crippen LogP contribution is 2.40. The first-order valence-electron chi connectivity index (χ1n) is 10.7. The molecule has 0 spiro atoms. The van der Waals surface area contributed by atoms with Crippen LogP contribution in [0.3, 0.4) is 0 Å². The van der Waals surface area contributed by atoms with Crippen molar-refractivity contribution in [2.24, 2.45) is 5.92 Å². The Hall–Kier alpha value is -2.53. The summed E-state index contributed by atoms with van der Waals surface area (Å²) in [5.41, 5.74) is 4.99. The zero-order valence-electron chi connectivity index (χ0n) is 19.0. The lowest BCUT2D eigenvalue weighted by molar-refractivity contribution is -0.125. The van der Waals surface area contributed by atoms with Gasteiger partial charge in [-0.3, -0.25) is 9.69 Å². The predicted octanol–water partition coefficient (Wildman–Crippen LogP) is 4.27. The number of amides is 1. The molecule has 1 heterocycles. The first-order chi connectivity index (χ1) is 14.3. The van der Waals surface area contributed by atoms with Gasteiger partial charge >= 0.3 is 0 Å². The van der Waals surface area contributed by atoms with Crippen molar-refractivity contribution < 1.29 is 14.3 Å². The number of aryl methyl sites for hydroxylation is 1. The molecule has 1 aliphatic rings. The number of nitrogens with one attached hydrogen (secondary N) is 1. The van der Waals surface area contributed by atoms with Gasteiger partial charge in [0.25, 0.3) is 0 Å². The second kappa shape index (κ2) is 9.52. The van der Waals surface area contributed by atoms with Gasteiger partial charge in [-0.1, -0.05) is 43.7 Å². The van der Waals surface area contributed by atoms with Crippen molar-refractivity contribution >= 4 is 5.91 Å². The Morgan fingerprint density at radius 1 is 1.13 bits per heavy atom. The third kappa shape index (κ3) is 4.78. The molecule has 1 amide bonds. The summed E-state index contributed by atoms with van der Waals surface area (Å²) in [6, 6.07) is 12.8. The number of hydrogen-bond donors (Lipinski definition) is 1. The molecule has 0 bridgehead atoms. The van der Waals surface area contributed by atoms with E-state index in [0.29, 0.717) is 0 Å². The summed E-state index contributed by atoms with van der Waals surface area (Å²) in [4.78, 5) is 14.9. The van der Waals surface area contributed by atoms with Gasteiger partial charge in [-0.15, -0.1) is 0 Å². The molecule has 0 radical (unpaired) electrons. The van der Waals surface area contributed by atoms with Crippen LogP contribution in [0.25, 0.3) is 0 Å². The summed E-state index contributed by atoms with van der Waals surface area (Å²) in [5.74, 6) is 1.50. The van der Waals surface area contributed by atoms with Crippen molar-refractivity contribution in [1.29, 1.82) is 0 Å². The van der Waals surface area contributed by atoms with Gasteiger partial charge in [0.15, 0.2) is 11.5 Å². The molecule has 2 aromatic carbocycles. The molecule has 2 aromatic rings. The van der Waals surface area contributed by atoms with Crippen LogP contribution in [0.1, 0.15) is 49.1 Å². The second-order valence-corrected chi connectivity index (χ2v) is 8.51. The van der Waals surface area contributed by atoms with Gasteiger partial charge < -0.3 is 14.8 Å². The zero-order chi connectivity index (χ0) is 21.8. The van der Waals surface area contributed by atoms with Gasteiger partial charge in [0, 0.05) is 25.0 Å². The molecule has 1 N–H and O–H groups in total. The zero-order valence-corrected chi connectivity index (χ0v) is 19.0. The van der Waals surface area contributed by atoms with Crippen LogP contribution in [0.15, 0.2) is 36.4 Å². The average molecular weight is 411 g/mol. The lowest BCUT2D eigenvalue weighted by Crippen LogP contribution is -2.48. The SMILES string of the molecule is COc1cc2c(cc1OC)[C@H]([C@@H](C)NC(=O)C(C)C)N(Cc1cccc(C)c1)CC2. The van der Waals surface area contributed by atoms with Crippen molar-refractivity contribution in [3.63, 3.8) is 0 Å². The minimum absolute atomic E-state index is 0.0399. The Kier molecular flexibility index (Phi) is 7.03. The van der Waals surface area contributed by atoms with Crippen LogP contribution < -0.4 is 14.8 Å². The van der Waals surface area contributed by atoms with Gasteiger partial charge in [0.2, 0.25) is 5.91 Å². The molecule has 1 aliphatic heterocycles. The van der Waals surface area contributed by atoms with Crippen LogP contribution in [-0.2, 0) is 17.8 Å². The molecule has 0 fully saturated rings. The molecule has 0 unspecified atom stereocenters. The molecular formula is C25H34N2O3. The average Bonchev–Trinajstić information content (AvgIpc) is 2.72. The fraction of sp³-hybridized carbons (Fsp3) is 0.480. The summed E-state index contributed by atoms with van der Waals surface area (Å²) in [6.45, 7) is 9.82. The molecule has 0 aromatic heterocycles. The third-order valence-electron chi connectivity index (χ3n) is 5.86. The fourth-order valence-electron chi connectivity index (χ4n) is 4.31. The quantitative estimate of drug-likeness (QED) is 0.741. The minimum Gasteiger partial charge on any atom is -0.493 e. The second-order valence-electron chi connectivity index (χ2n) is 8.51. The van der Waals surface area contributed by atoms with Crippen LogP contribution in [-0.4, -0.2) is 37.6 Å². The van der Waals surface area contributed by atoms with Crippen molar-refractivity contribution in [3.8, 4) is 11.5 Å². The number of carbonyl (C=O) groups excluding carboxylic acids is 1. The van der Waals surface area contributed by atoms with E-state index in [9.17, 15) is 4.79 Å². The Labute approximate surface area is 180 Å². The summed E-state index contributed by atoms with van der Waals surface area (Å²) < 4.78 is 11.1. The summed E-state index contributed by atoms with van der Waals surface area (Å²) in [5, 5.41) is 3.23. The number of fused-ring (bicyclic) bond motifs is 1. The maximum atomic E-state index is 12.5. The van der Waals surface area contributed by atoms with Gasteiger partial charge in [-0.25, -0.2) is 0 Å². The lowest BCUT2D eigenvalue weighted by Gasteiger charge is -2.41. The number of methoxy groups -OCH3 is 2. The maximum Gasteiger partial charge on any atom is 0.222 e. The van der Waals surface area contributed by atoms with E-state index in [1.54, 1.807) is 14.2 Å². The number of rotatable bonds is 7. The van der Waals surface area contributed by atoms with E-state index in [0.717, 1.165) is 31.0 Å². The molecule has 2 atom stereocenters. The van der Waals surface area contributed by atoms with Crippen molar-refractivity contribution in [3.05, 3.63) is 58.7 Å². The van der Waals surface area contributed by atoms with Crippen molar-refractivity contribution in [2.75, 3.05) is 20.8 Å². The van der Waals surface area contributed by atoms with Gasteiger partial charge in [0.05, 0.1) is 20.3 Å². The Balaban J connectivity index is 1.99. The monoisotopic (exact) mass is 410 g/mol. The van der Waals surface area contributed by atoms with Crippen LogP contribution >= 0.6 is 0 Å². The highest BCUT2D eigenvalue weighted by Gasteiger charge is 2.34. The number of ether oxygens (including phenoxy) is 2. The van der Waals surface area contributed by atoms with Crippen molar-refractivity contribution in [1.82, 2.24) is 10.2 Å². The van der Waals surface area contributed by atoms with Crippen LogP contribution in [0, 0.1) is 12.8 Å². The predicted molar refractivity (Wildman–Crippen MR) is 120 cm³/mol. The smallest absolute Gasteiger partial charge is 0.222 e. The fourth-order valence-corrected chi connectivity index (χ4v) is 4.31. The van der Waals surface area contributed by atoms with E-state index in [1.807, 2.05) is 13.8 Å². The minimum atomic E-state index is -0.0499. The molecule has 162 valence electrons. The van der Waals surface area contributed by atoms with Crippen LogP contribution in [0.2, 0.25) is 0 Å². The van der Waals surface area contributed by atoms with Crippen LogP contribution in [0.4, 0.5) is 0 Å². The normalized spacial score (nSPS) is 17.4. The highest BCUT2D eigenvalue weighted by atomic mass is 16.5. The van der Waals surface area contributed by atoms with Crippen molar-refractivity contribution in [2.45, 2.75) is 52.7 Å². The third-order valence-corrected chi connectivity index (χ3v) is 5.86. The van der Waals surface area contributed by atoms with Gasteiger partial charge in [0.1, 0.15) is 0 Å². The Bertz CT molecular complexity index is 894. The van der Waals surface area contributed by atoms with Gasteiger partial charge in [-0.2, -0.15) is 0 Å². The summed E-state index contributed by atoms with van der Waals surface area (Å²) >= 11 is 0. The number of benzene rings is 2. The van der Waals surface area contributed by atoms with E-state index in [2.05, 4.69) is 60.5 Å². The largest absolute Gasteiger partial charge is 0.493 e. The van der Waals surface area contributed by atoms with E-state index in [4.69, 9.17) is 9.47 Å². The van der Waals surface area contributed by atoms with E-state index < -0.39 is 0 Å². The molecule has 0 aliphatic carbocycles. The molecule has 3 rings (SSSR count). The first kappa shape index (κ1) is 22.2. The Morgan fingerprint density at radius 3 is 2.47 bits per heavy atom. The summed E-state index contributed by atoms with van der Waals surface area (Å²) in [7, 11) is 3.33. The number of carbonyl (C=O) groups is 1. The first-order valence-corrected chi connectivity index (χ1v) is 10.7. The molecule has 5 heteroatoms. The van der Waals surface area contributed by atoms with E-state index in [1.165, 1.54) is 22.3 Å². The molecular weight excluding hydrogens is 376 g/mol. The Morgan fingerprint density at radius 2 is 1.83 bits per heavy atom.